The number of rotatable bonds is 6. The maximum absolute atomic E-state index is 13.5. The summed E-state index contributed by atoms with van der Waals surface area (Å²) in [5.74, 6) is 0.591. The Morgan fingerprint density at radius 1 is 1.09 bits per heavy atom. The van der Waals surface area contributed by atoms with Gasteiger partial charge in [-0.2, -0.15) is 0 Å². The molecule has 0 aliphatic carbocycles. The van der Waals surface area contributed by atoms with Gasteiger partial charge in [-0.3, -0.25) is 9.10 Å². The molecule has 33 heavy (non-hydrogen) atoms. The van der Waals surface area contributed by atoms with E-state index in [0.717, 1.165) is 11.1 Å². The van der Waals surface area contributed by atoms with Crippen molar-refractivity contribution in [2.75, 3.05) is 18.0 Å². The number of fused-ring (bicyclic) bond motifs is 1. The minimum atomic E-state index is -3.90. The highest BCUT2D eigenvalue weighted by molar-refractivity contribution is 7.92. The van der Waals surface area contributed by atoms with E-state index >= 15 is 0 Å². The Morgan fingerprint density at radius 3 is 2.52 bits per heavy atom. The molecule has 0 saturated heterocycles. The number of benzene rings is 3. The summed E-state index contributed by atoms with van der Waals surface area (Å²) >= 11 is 0. The summed E-state index contributed by atoms with van der Waals surface area (Å²) in [6.45, 7) is 3.58. The van der Waals surface area contributed by atoms with Crippen LogP contribution in [-0.2, 0) is 14.8 Å². The number of aryl methyl sites for hydroxylation is 1. The Hall–Kier alpha value is -3.52. The summed E-state index contributed by atoms with van der Waals surface area (Å²) in [7, 11) is -2.32. The molecule has 1 N–H and O–H groups in total. The number of carbonyl (C=O) groups is 1. The van der Waals surface area contributed by atoms with Gasteiger partial charge in [-0.25, -0.2) is 8.42 Å². The monoisotopic (exact) mass is 466 g/mol. The van der Waals surface area contributed by atoms with Gasteiger partial charge in [-0.1, -0.05) is 42.5 Å². The van der Waals surface area contributed by atoms with E-state index in [1.54, 1.807) is 49.6 Å². The molecule has 4 rings (SSSR count). The van der Waals surface area contributed by atoms with Crippen LogP contribution in [-0.4, -0.2) is 34.1 Å². The highest BCUT2D eigenvalue weighted by atomic mass is 32.2. The summed E-state index contributed by atoms with van der Waals surface area (Å²) in [5.41, 5.74) is 2.12. The highest BCUT2D eigenvalue weighted by Gasteiger charge is 2.38. The molecule has 2 atom stereocenters. The number of carbonyl (C=O) groups excluding carboxylic acids is 1. The summed E-state index contributed by atoms with van der Waals surface area (Å²) in [6.07, 6.45) is -1.02. The molecule has 1 aliphatic heterocycles. The Morgan fingerprint density at radius 2 is 1.79 bits per heavy atom. The number of amides is 1. The number of hydrogen-bond donors (Lipinski definition) is 1. The standard InChI is InChI=1S/C25H26N2O5S/c1-17-13-14-23-21(15-17)27(33(29,30)19-9-5-4-6-10-19)16-24(32-23)25(28)26-18(2)20-11-7-8-12-22(20)31-3/h4-15,18,24H,16H2,1-3H3,(H,26,28)/t18-,24-/m0/s1. The summed E-state index contributed by atoms with van der Waals surface area (Å²) in [5, 5.41) is 2.93. The molecule has 1 amide bonds. The van der Waals surface area contributed by atoms with E-state index in [2.05, 4.69) is 5.32 Å². The fourth-order valence-corrected chi connectivity index (χ4v) is 5.34. The molecule has 0 spiro atoms. The van der Waals surface area contributed by atoms with Crippen molar-refractivity contribution in [2.24, 2.45) is 0 Å². The molecule has 0 fully saturated rings. The van der Waals surface area contributed by atoms with Gasteiger partial charge in [0.2, 0.25) is 0 Å². The molecular formula is C25H26N2O5S. The SMILES string of the molecule is COc1ccccc1[C@H](C)NC(=O)[C@@H]1CN(S(=O)(=O)c2ccccc2)c2cc(C)ccc2O1. The lowest BCUT2D eigenvalue weighted by molar-refractivity contribution is -0.128. The van der Waals surface area contributed by atoms with Gasteiger partial charge in [0.25, 0.3) is 15.9 Å². The van der Waals surface area contributed by atoms with Gasteiger partial charge in [-0.05, 0) is 49.7 Å². The van der Waals surface area contributed by atoms with Gasteiger partial charge < -0.3 is 14.8 Å². The zero-order chi connectivity index (χ0) is 23.6. The third kappa shape index (κ3) is 4.52. The lowest BCUT2D eigenvalue weighted by atomic mass is 10.1. The minimum Gasteiger partial charge on any atom is -0.496 e. The second-order valence-corrected chi connectivity index (χ2v) is 9.76. The van der Waals surface area contributed by atoms with Crippen LogP contribution in [0.4, 0.5) is 5.69 Å². The van der Waals surface area contributed by atoms with Crippen molar-refractivity contribution in [1.29, 1.82) is 0 Å². The van der Waals surface area contributed by atoms with E-state index in [4.69, 9.17) is 9.47 Å². The van der Waals surface area contributed by atoms with Crippen LogP contribution >= 0.6 is 0 Å². The van der Waals surface area contributed by atoms with Crippen molar-refractivity contribution in [3.05, 3.63) is 83.9 Å². The fourth-order valence-electron chi connectivity index (χ4n) is 3.85. The third-order valence-electron chi connectivity index (χ3n) is 5.57. The predicted octanol–water partition coefficient (Wildman–Crippen LogP) is 3.84. The molecule has 1 heterocycles. The van der Waals surface area contributed by atoms with Crippen LogP contribution in [0.15, 0.2) is 77.7 Å². The number of hydrogen-bond acceptors (Lipinski definition) is 5. The van der Waals surface area contributed by atoms with Gasteiger partial charge in [0, 0.05) is 5.56 Å². The van der Waals surface area contributed by atoms with Gasteiger partial charge in [0.05, 0.1) is 30.3 Å². The van der Waals surface area contributed by atoms with Crippen molar-refractivity contribution in [3.8, 4) is 11.5 Å². The van der Waals surface area contributed by atoms with Crippen LogP contribution in [0.1, 0.15) is 24.1 Å². The number of ether oxygens (including phenoxy) is 2. The quantitative estimate of drug-likeness (QED) is 0.597. The van der Waals surface area contributed by atoms with Crippen molar-refractivity contribution < 1.29 is 22.7 Å². The maximum Gasteiger partial charge on any atom is 0.264 e. The second kappa shape index (κ2) is 9.15. The molecule has 8 heteroatoms. The molecule has 3 aromatic carbocycles. The number of sulfonamides is 1. The van der Waals surface area contributed by atoms with Crippen LogP contribution in [0.3, 0.4) is 0 Å². The summed E-state index contributed by atoms with van der Waals surface area (Å²) < 4.78 is 39.6. The largest absolute Gasteiger partial charge is 0.496 e. The highest BCUT2D eigenvalue weighted by Crippen LogP contribution is 2.38. The Labute approximate surface area is 194 Å². The Bertz CT molecular complexity index is 1260. The number of nitrogens with zero attached hydrogens (tertiary/aromatic N) is 1. The number of methoxy groups -OCH3 is 1. The topological polar surface area (TPSA) is 84.9 Å². The average molecular weight is 467 g/mol. The van der Waals surface area contributed by atoms with Gasteiger partial charge in [0.1, 0.15) is 11.5 Å². The molecule has 0 aromatic heterocycles. The first-order valence-electron chi connectivity index (χ1n) is 10.6. The summed E-state index contributed by atoms with van der Waals surface area (Å²) in [4.78, 5) is 13.3. The predicted molar refractivity (Wildman–Crippen MR) is 126 cm³/mol. The van der Waals surface area contributed by atoms with Gasteiger partial charge >= 0.3 is 0 Å². The van der Waals surface area contributed by atoms with Crippen LogP contribution in [0, 0.1) is 6.92 Å². The molecule has 172 valence electrons. The zero-order valence-electron chi connectivity index (χ0n) is 18.7. The molecule has 0 radical (unpaired) electrons. The van der Waals surface area contributed by atoms with Crippen molar-refractivity contribution in [1.82, 2.24) is 5.32 Å². The van der Waals surface area contributed by atoms with E-state index in [1.807, 2.05) is 44.2 Å². The first-order chi connectivity index (χ1) is 15.8. The minimum absolute atomic E-state index is 0.141. The maximum atomic E-state index is 13.5. The van der Waals surface area contributed by atoms with E-state index in [0.29, 0.717) is 17.2 Å². The van der Waals surface area contributed by atoms with Crippen molar-refractivity contribution in [3.63, 3.8) is 0 Å². The first kappa shape index (κ1) is 22.7. The number of nitrogens with one attached hydrogen (secondary N) is 1. The zero-order valence-corrected chi connectivity index (χ0v) is 19.5. The molecule has 0 bridgehead atoms. The molecule has 3 aromatic rings. The number of para-hydroxylation sites is 1. The number of anilines is 1. The molecule has 7 nitrogen and oxygen atoms in total. The molecular weight excluding hydrogens is 440 g/mol. The van der Waals surface area contributed by atoms with E-state index < -0.39 is 22.0 Å². The van der Waals surface area contributed by atoms with E-state index in [1.165, 1.54) is 4.31 Å². The van der Waals surface area contributed by atoms with Crippen LogP contribution in [0.2, 0.25) is 0 Å². The van der Waals surface area contributed by atoms with Gasteiger partial charge in [0.15, 0.2) is 6.10 Å². The summed E-state index contributed by atoms with van der Waals surface area (Å²) in [6, 6.07) is 20.5. The Kier molecular flexibility index (Phi) is 6.29. The van der Waals surface area contributed by atoms with Crippen molar-refractivity contribution >= 4 is 21.6 Å². The fraction of sp³-hybridized carbons (Fsp3) is 0.240. The smallest absolute Gasteiger partial charge is 0.264 e. The molecule has 1 aliphatic rings. The molecule has 0 saturated carbocycles. The van der Waals surface area contributed by atoms with Gasteiger partial charge in [-0.15, -0.1) is 0 Å². The Balaban J connectivity index is 1.64. The van der Waals surface area contributed by atoms with Crippen molar-refractivity contribution in [2.45, 2.75) is 30.9 Å². The normalized spacial score (nSPS) is 16.3. The van der Waals surface area contributed by atoms with E-state index in [9.17, 15) is 13.2 Å². The van der Waals surface area contributed by atoms with Crippen LogP contribution < -0.4 is 19.1 Å². The third-order valence-corrected chi connectivity index (χ3v) is 7.37. The second-order valence-electron chi connectivity index (χ2n) is 7.90. The van der Waals surface area contributed by atoms with E-state index in [-0.39, 0.29) is 17.5 Å². The van der Waals surface area contributed by atoms with Crippen LogP contribution in [0.25, 0.3) is 0 Å². The molecule has 0 unspecified atom stereocenters. The average Bonchev–Trinajstić information content (AvgIpc) is 2.83. The lowest BCUT2D eigenvalue weighted by Gasteiger charge is -2.35. The first-order valence-corrected chi connectivity index (χ1v) is 12.0. The lowest BCUT2D eigenvalue weighted by Crippen LogP contribution is -2.51. The van der Waals surface area contributed by atoms with Crippen LogP contribution in [0.5, 0.6) is 11.5 Å².